The van der Waals surface area contributed by atoms with E-state index in [9.17, 15) is 4.79 Å². The van der Waals surface area contributed by atoms with Gasteiger partial charge in [-0.05, 0) is 29.6 Å². The van der Waals surface area contributed by atoms with E-state index in [1.165, 1.54) is 11.3 Å². The lowest BCUT2D eigenvalue weighted by Crippen LogP contribution is -3.12. The Labute approximate surface area is 139 Å². The van der Waals surface area contributed by atoms with E-state index in [-0.39, 0.29) is 5.91 Å². The highest BCUT2D eigenvalue weighted by atomic mass is 35.5. The van der Waals surface area contributed by atoms with Gasteiger partial charge in [0.1, 0.15) is 0 Å². The molecule has 0 saturated carbocycles. The fourth-order valence-corrected chi connectivity index (χ4v) is 3.49. The molecule has 0 aliphatic carbocycles. The van der Waals surface area contributed by atoms with Crippen molar-refractivity contribution < 1.29 is 9.69 Å². The van der Waals surface area contributed by atoms with Crippen LogP contribution >= 0.6 is 22.9 Å². The smallest absolute Gasteiger partial charge is 0.265 e. The minimum atomic E-state index is -0.0954. The summed E-state index contributed by atoms with van der Waals surface area (Å²) in [5.74, 6) is -0.0954. The molecule has 2 aromatic rings. The number of anilines is 2. The molecule has 2 heterocycles. The van der Waals surface area contributed by atoms with Gasteiger partial charge < -0.3 is 15.1 Å². The van der Waals surface area contributed by atoms with Crippen molar-refractivity contribution in [3.05, 3.63) is 45.6 Å². The van der Waals surface area contributed by atoms with Crippen LogP contribution in [0.25, 0.3) is 0 Å². The molecule has 0 atom stereocenters. The van der Waals surface area contributed by atoms with Crippen LogP contribution in [-0.2, 0) is 0 Å². The van der Waals surface area contributed by atoms with Gasteiger partial charge >= 0.3 is 0 Å². The first-order valence-corrected chi connectivity index (χ1v) is 8.60. The van der Waals surface area contributed by atoms with E-state index in [0.29, 0.717) is 9.90 Å². The lowest BCUT2D eigenvalue weighted by atomic mass is 10.2. The second-order valence-electron chi connectivity index (χ2n) is 5.54. The third-order valence-electron chi connectivity index (χ3n) is 3.91. The van der Waals surface area contributed by atoms with Crippen LogP contribution < -0.4 is 15.1 Å². The maximum Gasteiger partial charge on any atom is 0.265 e. The normalized spacial score (nSPS) is 15.8. The predicted octanol–water partition coefficient (Wildman–Crippen LogP) is 1.99. The fourth-order valence-electron chi connectivity index (χ4n) is 2.57. The van der Waals surface area contributed by atoms with Gasteiger partial charge in [-0.25, -0.2) is 0 Å². The number of hydrogen-bond acceptors (Lipinski definition) is 3. The van der Waals surface area contributed by atoms with Gasteiger partial charge in [0, 0.05) is 5.69 Å². The second-order valence-corrected chi connectivity index (χ2v) is 6.90. The predicted molar refractivity (Wildman–Crippen MR) is 92.6 cm³/mol. The fraction of sp³-hybridized carbons (Fsp3) is 0.312. The number of carbonyl (C=O) groups is 1. The van der Waals surface area contributed by atoms with Gasteiger partial charge in [0.2, 0.25) is 0 Å². The third kappa shape index (κ3) is 3.43. The van der Waals surface area contributed by atoms with E-state index in [4.69, 9.17) is 11.6 Å². The molecule has 3 rings (SSSR count). The van der Waals surface area contributed by atoms with Crippen LogP contribution in [-0.4, -0.2) is 39.1 Å². The number of hydrogen-bond donors (Lipinski definition) is 2. The van der Waals surface area contributed by atoms with Gasteiger partial charge in [-0.3, -0.25) is 4.79 Å². The molecule has 1 aliphatic heterocycles. The van der Waals surface area contributed by atoms with E-state index < -0.39 is 0 Å². The molecule has 1 saturated heterocycles. The molecule has 0 spiro atoms. The molecule has 0 bridgehead atoms. The molecule has 1 aliphatic rings. The van der Waals surface area contributed by atoms with Crippen molar-refractivity contribution >= 4 is 40.2 Å². The molecule has 1 aromatic heterocycles. The lowest BCUT2D eigenvalue weighted by molar-refractivity contribution is -0.880. The Bertz CT molecular complexity index is 651. The average molecular weight is 337 g/mol. The van der Waals surface area contributed by atoms with Crippen LogP contribution in [0.1, 0.15) is 9.67 Å². The van der Waals surface area contributed by atoms with Crippen LogP contribution in [0.5, 0.6) is 0 Å². The van der Waals surface area contributed by atoms with Crippen molar-refractivity contribution in [1.29, 1.82) is 0 Å². The first-order chi connectivity index (χ1) is 10.6. The van der Waals surface area contributed by atoms with Gasteiger partial charge in [0.25, 0.3) is 5.91 Å². The molecule has 2 N–H and O–H groups in total. The van der Waals surface area contributed by atoms with Crippen LogP contribution in [0.4, 0.5) is 11.4 Å². The third-order valence-corrected chi connectivity index (χ3v) is 5.08. The summed E-state index contributed by atoms with van der Waals surface area (Å²) in [6, 6.07) is 9.41. The number of nitrogens with zero attached hydrogens (tertiary/aromatic N) is 1. The molecular formula is C16H19ClN3OS+. The average Bonchev–Trinajstić information content (AvgIpc) is 3.03. The summed E-state index contributed by atoms with van der Waals surface area (Å²) in [5.41, 5.74) is 1.77. The number of nitrogens with one attached hydrogen (secondary N) is 2. The van der Waals surface area contributed by atoms with E-state index in [1.54, 1.807) is 4.90 Å². The molecular weight excluding hydrogens is 318 g/mol. The highest BCUT2D eigenvalue weighted by molar-refractivity contribution is 7.12. The van der Waals surface area contributed by atoms with Crippen molar-refractivity contribution in [3.8, 4) is 0 Å². The Hall–Kier alpha value is -1.56. The van der Waals surface area contributed by atoms with E-state index >= 15 is 0 Å². The molecule has 1 fully saturated rings. The molecule has 1 aromatic carbocycles. The second kappa shape index (κ2) is 6.69. The largest absolute Gasteiger partial charge is 0.359 e. The zero-order valence-electron chi connectivity index (χ0n) is 12.4. The number of rotatable bonds is 3. The first-order valence-electron chi connectivity index (χ1n) is 7.34. The summed E-state index contributed by atoms with van der Waals surface area (Å²) in [6.45, 7) is 4.25. The summed E-state index contributed by atoms with van der Waals surface area (Å²) in [5, 5.41) is 5.46. The van der Waals surface area contributed by atoms with Crippen molar-refractivity contribution in [3.63, 3.8) is 0 Å². The van der Waals surface area contributed by atoms with Crippen molar-refractivity contribution in [2.45, 2.75) is 0 Å². The minimum Gasteiger partial charge on any atom is -0.359 e. The van der Waals surface area contributed by atoms with E-state index in [2.05, 4.69) is 17.3 Å². The van der Waals surface area contributed by atoms with Gasteiger partial charge in [-0.2, -0.15) is 0 Å². The van der Waals surface area contributed by atoms with Gasteiger partial charge in [-0.15, -0.1) is 11.3 Å². The maximum absolute atomic E-state index is 12.1. The summed E-state index contributed by atoms with van der Waals surface area (Å²) in [6.07, 6.45) is 0. The Morgan fingerprint density at radius 2 is 2.09 bits per heavy atom. The summed E-state index contributed by atoms with van der Waals surface area (Å²) in [7, 11) is 2.21. The van der Waals surface area contributed by atoms with Crippen molar-refractivity contribution in [2.75, 3.05) is 43.4 Å². The molecule has 1 amide bonds. The van der Waals surface area contributed by atoms with Gasteiger partial charge in [0.15, 0.2) is 0 Å². The molecule has 116 valence electrons. The van der Waals surface area contributed by atoms with Crippen molar-refractivity contribution in [1.82, 2.24) is 0 Å². The standard InChI is InChI=1S/C16H18ClN3OS/c1-19-6-8-20(9-7-19)14-5-4-12(11-13(14)17)18-16(21)15-3-2-10-22-15/h2-5,10-11H,6-9H2,1H3,(H,18,21)/p+1. The topological polar surface area (TPSA) is 36.8 Å². The molecule has 22 heavy (non-hydrogen) atoms. The molecule has 4 nitrogen and oxygen atoms in total. The Morgan fingerprint density at radius 3 is 2.73 bits per heavy atom. The monoisotopic (exact) mass is 336 g/mol. The molecule has 6 heteroatoms. The first kappa shape index (κ1) is 15.3. The number of benzene rings is 1. The lowest BCUT2D eigenvalue weighted by Gasteiger charge is -2.32. The van der Waals surface area contributed by atoms with Crippen LogP contribution in [0.2, 0.25) is 5.02 Å². The van der Waals surface area contributed by atoms with E-state index in [0.717, 1.165) is 37.6 Å². The van der Waals surface area contributed by atoms with Crippen LogP contribution in [0.15, 0.2) is 35.7 Å². The SMILES string of the molecule is C[NH+]1CCN(c2ccc(NC(=O)c3cccs3)cc2Cl)CC1. The number of halogens is 1. The summed E-state index contributed by atoms with van der Waals surface area (Å²) in [4.78, 5) is 16.6. The Kier molecular flexibility index (Phi) is 4.66. The van der Waals surface area contributed by atoms with Gasteiger partial charge in [0.05, 0.1) is 48.8 Å². The van der Waals surface area contributed by atoms with Crippen LogP contribution in [0, 0.1) is 0 Å². The zero-order chi connectivity index (χ0) is 15.5. The highest BCUT2D eigenvalue weighted by Crippen LogP contribution is 2.29. The number of thiophene rings is 1. The zero-order valence-corrected chi connectivity index (χ0v) is 14.0. The minimum absolute atomic E-state index is 0.0954. The number of carbonyl (C=O) groups excluding carboxylic acids is 1. The Morgan fingerprint density at radius 1 is 1.32 bits per heavy atom. The summed E-state index contributed by atoms with van der Waals surface area (Å²) < 4.78 is 0. The maximum atomic E-state index is 12.1. The molecule has 0 radical (unpaired) electrons. The highest BCUT2D eigenvalue weighted by Gasteiger charge is 2.19. The summed E-state index contributed by atoms with van der Waals surface area (Å²) >= 11 is 7.84. The number of likely N-dealkylation sites (N-methyl/N-ethyl adjacent to an activating group) is 1. The van der Waals surface area contributed by atoms with Crippen LogP contribution in [0.3, 0.4) is 0 Å². The Balaban J connectivity index is 1.71. The van der Waals surface area contributed by atoms with E-state index in [1.807, 2.05) is 35.7 Å². The number of quaternary nitrogens is 1. The van der Waals surface area contributed by atoms with Crippen molar-refractivity contribution in [2.24, 2.45) is 0 Å². The number of piperazine rings is 1. The quantitative estimate of drug-likeness (QED) is 0.899. The number of amides is 1. The van der Waals surface area contributed by atoms with Gasteiger partial charge in [-0.1, -0.05) is 17.7 Å². The molecule has 0 unspecified atom stereocenters.